The average Bonchev–Trinajstić information content (AvgIpc) is 2.69. The number of amides is 1. The predicted molar refractivity (Wildman–Crippen MR) is 100 cm³/mol. The molecule has 0 bridgehead atoms. The van der Waals surface area contributed by atoms with E-state index in [0.717, 1.165) is 22.9 Å². The van der Waals surface area contributed by atoms with Crippen LogP contribution in [-0.2, 0) is 0 Å². The third-order valence-corrected chi connectivity index (χ3v) is 3.95. The zero-order valence-corrected chi connectivity index (χ0v) is 15.0. The van der Waals surface area contributed by atoms with Crippen molar-refractivity contribution < 1.29 is 18.7 Å². The Labute approximate surface area is 158 Å². The van der Waals surface area contributed by atoms with Crippen molar-refractivity contribution in [2.75, 3.05) is 19.5 Å². The molecule has 9 heteroatoms. The Morgan fingerprint density at radius 3 is 2.36 bits per heavy atom. The lowest BCUT2D eigenvalue weighted by Crippen LogP contribution is -2.38. The van der Waals surface area contributed by atoms with Crippen LogP contribution >= 0.6 is 0 Å². The van der Waals surface area contributed by atoms with Gasteiger partial charge in [0.1, 0.15) is 11.4 Å². The van der Waals surface area contributed by atoms with E-state index in [2.05, 4.69) is 10.3 Å². The largest absolute Gasteiger partial charge is 0.493 e. The minimum absolute atomic E-state index is 0.133. The van der Waals surface area contributed by atoms with Crippen LogP contribution in [0, 0.1) is 5.82 Å². The van der Waals surface area contributed by atoms with Crippen LogP contribution in [-0.4, -0.2) is 29.7 Å². The number of carbonyl (C=O) groups is 1. The number of nitrogens with one attached hydrogen (secondary N) is 2. The van der Waals surface area contributed by atoms with Gasteiger partial charge in [0.15, 0.2) is 11.5 Å². The lowest BCUT2D eigenvalue weighted by molar-refractivity contribution is 0.102. The summed E-state index contributed by atoms with van der Waals surface area (Å²) in [6, 6.07) is 9.45. The fourth-order valence-corrected chi connectivity index (χ4v) is 2.57. The molecule has 0 aliphatic carbocycles. The number of ether oxygens (including phenoxy) is 2. The Kier molecular flexibility index (Phi) is 5.25. The third-order valence-electron chi connectivity index (χ3n) is 3.95. The van der Waals surface area contributed by atoms with Crippen molar-refractivity contribution in [2.24, 2.45) is 0 Å². The quantitative estimate of drug-likeness (QED) is 0.699. The van der Waals surface area contributed by atoms with E-state index in [0.29, 0.717) is 17.2 Å². The van der Waals surface area contributed by atoms with Gasteiger partial charge >= 0.3 is 5.69 Å². The summed E-state index contributed by atoms with van der Waals surface area (Å²) in [5, 5.41) is 2.56. The Morgan fingerprint density at radius 1 is 1.04 bits per heavy atom. The molecule has 2 N–H and O–H groups in total. The first kappa shape index (κ1) is 18.9. The molecule has 1 heterocycles. The highest BCUT2D eigenvalue weighted by Gasteiger charge is 2.17. The van der Waals surface area contributed by atoms with Crippen molar-refractivity contribution in [3.8, 4) is 17.2 Å². The van der Waals surface area contributed by atoms with Crippen molar-refractivity contribution >= 4 is 11.6 Å². The monoisotopic (exact) mass is 385 g/mol. The van der Waals surface area contributed by atoms with Crippen LogP contribution in [0.4, 0.5) is 10.1 Å². The fraction of sp³-hybridized carbons (Fsp3) is 0.105. The highest BCUT2D eigenvalue weighted by atomic mass is 19.1. The lowest BCUT2D eigenvalue weighted by atomic mass is 10.2. The van der Waals surface area contributed by atoms with Gasteiger partial charge in [0.05, 0.1) is 19.9 Å². The van der Waals surface area contributed by atoms with Gasteiger partial charge in [-0.05, 0) is 36.4 Å². The Balaban J connectivity index is 1.97. The van der Waals surface area contributed by atoms with Gasteiger partial charge in [-0.3, -0.25) is 9.59 Å². The Morgan fingerprint density at radius 2 is 1.71 bits per heavy atom. The second-order valence-corrected chi connectivity index (χ2v) is 5.65. The maximum Gasteiger partial charge on any atom is 0.333 e. The molecular weight excluding hydrogens is 369 g/mol. The highest BCUT2D eigenvalue weighted by molar-refractivity contribution is 6.04. The first-order chi connectivity index (χ1) is 13.4. The van der Waals surface area contributed by atoms with Crippen LogP contribution in [0.1, 0.15) is 10.4 Å². The van der Waals surface area contributed by atoms with Crippen LogP contribution in [0.2, 0.25) is 0 Å². The van der Waals surface area contributed by atoms with E-state index in [1.807, 2.05) is 0 Å². The maximum absolute atomic E-state index is 13.1. The SMILES string of the molecule is COc1ccc(NC(=O)c2c[nH]c(=O)n(-c3ccc(F)cc3)c2=O)cc1OC. The van der Waals surface area contributed by atoms with Crippen LogP contribution < -0.4 is 26.0 Å². The van der Waals surface area contributed by atoms with Gasteiger partial charge in [-0.15, -0.1) is 0 Å². The summed E-state index contributed by atoms with van der Waals surface area (Å²) in [5.41, 5.74) is -1.39. The molecule has 144 valence electrons. The number of benzene rings is 2. The second kappa shape index (κ2) is 7.78. The topological polar surface area (TPSA) is 102 Å². The molecule has 2 aromatic carbocycles. The standard InChI is InChI=1S/C19H16FN3O5/c1-27-15-8-5-12(9-16(15)28-2)22-17(24)14-10-21-19(26)23(18(14)25)13-6-3-11(20)4-7-13/h3-10H,1-2H3,(H,21,26)(H,22,24). The van der Waals surface area contributed by atoms with Gasteiger partial charge in [0.25, 0.3) is 11.5 Å². The van der Waals surface area contributed by atoms with Gasteiger partial charge in [-0.1, -0.05) is 0 Å². The van der Waals surface area contributed by atoms with E-state index in [9.17, 15) is 18.8 Å². The minimum Gasteiger partial charge on any atom is -0.493 e. The molecule has 1 aromatic heterocycles. The summed E-state index contributed by atoms with van der Waals surface area (Å²) in [6.07, 6.45) is 1.03. The predicted octanol–water partition coefficient (Wildman–Crippen LogP) is 1.93. The van der Waals surface area contributed by atoms with E-state index in [1.54, 1.807) is 12.1 Å². The fourth-order valence-electron chi connectivity index (χ4n) is 2.57. The van der Waals surface area contributed by atoms with Crippen LogP contribution in [0.5, 0.6) is 11.5 Å². The molecule has 0 radical (unpaired) electrons. The van der Waals surface area contributed by atoms with Crippen LogP contribution in [0.15, 0.2) is 58.3 Å². The number of hydrogen-bond acceptors (Lipinski definition) is 5. The third kappa shape index (κ3) is 3.63. The molecule has 1 amide bonds. The molecular formula is C19H16FN3O5. The molecule has 0 saturated heterocycles. The number of carbonyl (C=O) groups excluding carboxylic acids is 1. The molecule has 0 unspecified atom stereocenters. The molecule has 0 fully saturated rings. The summed E-state index contributed by atoms with van der Waals surface area (Å²) in [4.78, 5) is 39.6. The minimum atomic E-state index is -0.840. The molecule has 3 rings (SSSR count). The highest BCUT2D eigenvalue weighted by Crippen LogP contribution is 2.29. The zero-order valence-electron chi connectivity index (χ0n) is 15.0. The van der Waals surface area contributed by atoms with Crippen LogP contribution in [0.25, 0.3) is 5.69 Å². The number of hydrogen-bond donors (Lipinski definition) is 2. The first-order valence-electron chi connectivity index (χ1n) is 8.08. The van der Waals surface area contributed by atoms with E-state index in [4.69, 9.17) is 9.47 Å². The molecule has 0 atom stereocenters. The number of methoxy groups -OCH3 is 2. The Bertz CT molecular complexity index is 1140. The van der Waals surface area contributed by atoms with Crippen molar-refractivity contribution in [3.63, 3.8) is 0 Å². The molecule has 0 aliphatic rings. The Hall–Kier alpha value is -3.88. The van der Waals surface area contributed by atoms with Crippen molar-refractivity contribution in [1.82, 2.24) is 9.55 Å². The second-order valence-electron chi connectivity index (χ2n) is 5.65. The number of anilines is 1. The lowest BCUT2D eigenvalue weighted by Gasteiger charge is -2.11. The van der Waals surface area contributed by atoms with E-state index >= 15 is 0 Å². The maximum atomic E-state index is 13.1. The number of halogens is 1. The van der Waals surface area contributed by atoms with E-state index < -0.39 is 23.0 Å². The van der Waals surface area contributed by atoms with Crippen molar-refractivity contribution in [2.45, 2.75) is 0 Å². The summed E-state index contributed by atoms with van der Waals surface area (Å²) in [7, 11) is 2.93. The number of aromatic amines is 1. The molecule has 0 aliphatic heterocycles. The normalized spacial score (nSPS) is 10.4. The molecule has 3 aromatic rings. The number of aromatic nitrogens is 2. The van der Waals surface area contributed by atoms with E-state index in [-0.39, 0.29) is 11.3 Å². The van der Waals surface area contributed by atoms with Gasteiger partial charge in [-0.2, -0.15) is 0 Å². The number of nitrogens with zero attached hydrogens (tertiary/aromatic N) is 1. The van der Waals surface area contributed by atoms with Gasteiger partial charge in [0, 0.05) is 18.0 Å². The first-order valence-corrected chi connectivity index (χ1v) is 8.08. The van der Waals surface area contributed by atoms with Crippen molar-refractivity contribution in [1.29, 1.82) is 0 Å². The summed E-state index contributed by atoms with van der Waals surface area (Å²) < 4.78 is 24.2. The van der Waals surface area contributed by atoms with Gasteiger partial charge < -0.3 is 19.8 Å². The number of H-pyrrole nitrogens is 1. The molecule has 0 spiro atoms. The molecule has 0 saturated carbocycles. The van der Waals surface area contributed by atoms with E-state index in [1.165, 1.54) is 32.4 Å². The summed E-state index contributed by atoms with van der Waals surface area (Å²) >= 11 is 0. The average molecular weight is 385 g/mol. The van der Waals surface area contributed by atoms with Gasteiger partial charge in [-0.25, -0.2) is 13.8 Å². The van der Waals surface area contributed by atoms with Crippen LogP contribution in [0.3, 0.4) is 0 Å². The summed E-state index contributed by atoms with van der Waals surface area (Å²) in [6.45, 7) is 0. The number of rotatable bonds is 5. The smallest absolute Gasteiger partial charge is 0.333 e. The zero-order chi connectivity index (χ0) is 20.3. The molecule has 28 heavy (non-hydrogen) atoms. The summed E-state index contributed by atoms with van der Waals surface area (Å²) in [5.74, 6) is -0.381. The van der Waals surface area contributed by atoms with Crippen molar-refractivity contribution in [3.05, 3.63) is 80.9 Å². The van der Waals surface area contributed by atoms with Gasteiger partial charge in [0.2, 0.25) is 0 Å². The molecule has 8 nitrogen and oxygen atoms in total.